The molecule has 0 saturated heterocycles. The quantitative estimate of drug-likeness (QED) is 0.175. The molecule has 48 heavy (non-hydrogen) atoms. The number of carbonyl (C=O) groups excluding carboxylic acids is 1. The van der Waals surface area contributed by atoms with Gasteiger partial charge in [0.15, 0.2) is 0 Å². The first-order valence-electron chi connectivity index (χ1n) is 16.2. The molecule has 0 amide bonds. The number of alkyl halides is 6. The Kier molecular flexibility index (Phi) is 16.0. The summed E-state index contributed by atoms with van der Waals surface area (Å²) in [6, 6.07) is 2.06. The van der Waals surface area contributed by atoms with Crippen molar-refractivity contribution < 1.29 is 39.9 Å². The zero-order valence-electron chi connectivity index (χ0n) is 28.1. The summed E-state index contributed by atoms with van der Waals surface area (Å²) >= 11 is 0. The average molecular weight is 697 g/mol. The number of carbonyl (C=O) groups is 1. The molecular weight excluding hydrogens is 648 g/mol. The van der Waals surface area contributed by atoms with Crippen molar-refractivity contribution in [1.29, 1.82) is 0 Å². The van der Waals surface area contributed by atoms with E-state index in [0.29, 0.717) is 63.5 Å². The van der Waals surface area contributed by atoms with Gasteiger partial charge in [0.1, 0.15) is 17.4 Å². The van der Waals surface area contributed by atoms with Crippen LogP contribution in [0.1, 0.15) is 49.9 Å². The van der Waals surface area contributed by atoms with Crippen molar-refractivity contribution in [3.63, 3.8) is 0 Å². The van der Waals surface area contributed by atoms with Crippen molar-refractivity contribution in [3.8, 4) is 0 Å². The number of Topliss-reactive ketones (excluding diaryl/α,β-unsaturated/α-hetero) is 1. The topological polar surface area (TPSA) is 82.1 Å². The summed E-state index contributed by atoms with van der Waals surface area (Å²) in [6.07, 6.45) is -11.4. The van der Waals surface area contributed by atoms with E-state index in [-0.39, 0.29) is 61.8 Å². The Morgan fingerprint density at radius 3 is 1.19 bits per heavy atom. The minimum Gasteiger partial charge on any atom is -0.366 e. The molecule has 0 spiro atoms. The van der Waals surface area contributed by atoms with Crippen molar-refractivity contribution in [1.82, 2.24) is 9.80 Å². The first kappa shape index (κ1) is 41.2. The van der Waals surface area contributed by atoms with Crippen LogP contribution < -0.4 is 21.3 Å². The molecular formula is C33H48F8N6O. The molecule has 0 bridgehead atoms. The van der Waals surface area contributed by atoms with Gasteiger partial charge in [0, 0.05) is 65.2 Å². The summed E-state index contributed by atoms with van der Waals surface area (Å²) in [4.78, 5) is 20.6. The van der Waals surface area contributed by atoms with Gasteiger partial charge in [-0.25, -0.2) is 8.78 Å². The molecule has 2 aromatic carbocycles. The fourth-order valence-corrected chi connectivity index (χ4v) is 5.69. The normalized spacial score (nSPS) is 12.3. The fourth-order valence-electron chi connectivity index (χ4n) is 5.69. The Balaban J connectivity index is 2.64. The van der Waals surface area contributed by atoms with E-state index in [2.05, 4.69) is 0 Å². The molecule has 0 saturated carbocycles. The second kappa shape index (κ2) is 18.7. The maximum atomic E-state index is 15.6. The number of ketones is 1. The molecule has 2 aromatic rings. The minimum absolute atomic E-state index is 0.0312. The number of benzene rings is 2. The number of likely N-dealkylation sites (N-methyl/N-ethyl adjacent to an activating group) is 2. The van der Waals surface area contributed by atoms with Crippen LogP contribution in [0, 0.1) is 11.6 Å². The van der Waals surface area contributed by atoms with Gasteiger partial charge in [0.2, 0.25) is 0 Å². The number of hydrogen-bond acceptors (Lipinski definition) is 7. The van der Waals surface area contributed by atoms with Gasteiger partial charge >= 0.3 is 12.4 Å². The van der Waals surface area contributed by atoms with E-state index >= 15 is 8.78 Å². The molecule has 0 unspecified atom stereocenters. The third kappa shape index (κ3) is 11.6. The summed E-state index contributed by atoms with van der Waals surface area (Å²) in [5, 5.41) is 0. The molecule has 0 aliphatic heterocycles. The number of halogens is 8. The lowest BCUT2D eigenvalue weighted by Crippen LogP contribution is -2.39. The lowest BCUT2D eigenvalue weighted by molar-refractivity contribution is -0.138. The van der Waals surface area contributed by atoms with Gasteiger partial charge in [-0.2, -0.15) is 26.3 Å². The molecule has 0 atom stereocenters. The van der Waals surface area contributed by atoms with Gasteiger partial charge in [-0.05, 0) is 61.6 Å². The highest BCUT2D eigenvalue weighted by atomic mass is 19.4. The zero-order valence-corrected chi connectivity index (χ0v) is 28.1. The SMILES string of the molecule is CCN(CC)CCN(CCN)c1c(F)cc(C(F)(F)F)cc1CC(=O)Cc1cc(C(F)(F)F)cc(F)c1N(CCN)CCN(CC)CC. The molecule has 2 rings (SSSR count). The molecule has 0 aliphatic rings. The molecule has 272 valence electrons. The van der Waals surface area contributed by atoms with E-state index in [1.54, 1.807) is 0 Å². The third-order valence-electron chi connectivity index (χ3n) is 8.31. The zero-order chi connectivity index (χ0) is 36.2. The van der Waals surface area contributed by atoms with Crippen molar-refractivity contribution in [3.05, 3.63) is 58.2 Å². The number of anilines is 2. The maximum Gasteiger partial charge on any atom is 0.416 e. The number of nitrogens with zero attached hydrogens (tertiary/aromatic N) is 4. The monoisotopic (exact) mass is 696 g/mol. The van der Waals surface area contributed by atoms with Gasteiger partial charge in [0.25, 0.3) is 0 Å². The van der Waals surface area contributed by atoms with Crippen molar-refractivity contribution in [2.24, 2.45) is 11.5 Å². The highest BCUT2D eigenvalue weighted by molar-refractivity contribution is 5.86. The van der Waals surface area contributed by atoms with E-state index in [4.69, 9.17) is 11.5 Å². The van der Waals surface area contributed by atoms with Crippen LogP contribution in [0.15, 0.2) is 24.3 Å². The molecule has 0 fully saturated rings. The molecule has 0 heterocycles. The van der Waals surface area contributed by atoms with E-state index in [0.717, 1.165) is 0 Å². The predicted molar refractivity (Wildman–Crippen MR) is 173 cm³/mol. The van der Waals surface area contributed by atoms with Crippen LogP contribution in [0.3, 0.4) is 0 Å². The molecule has 0 aromatic heterocycles. The first-order chi connectivity index (χ1) is 22.5. The standard InChI is InChI=1S/C33H48F8N6O/c1-5-44(6-2)13-15-46(11-9-42)30-23(17-25(21-28(30)34)32(36,37)38)19-27(48)20-24-18-26(33(39,40)41)22-29(35)31(24)47(12-10-43)16-14-45(7-3)8-4/h17-18,21-22H,5-16,19-20,42-43H2,1-4H3. The second-order valence-electron chi connectivity index (χ2n) is 11.4. The molecule has 0 radical (unpaired) electrons. The number of rotatable bonds is 20. The summed E-state index contributed by atoms with van der Waals surface area (Å²) in [5.74, 6) is -3.25. The van der Waals surface area contributed by atoms with Crippen molar-refractivity contribution in [2.45, 2.75) is 52.9 Å². The lowest BCUT2D eigenvalue weighted by Gasteiger charge is -2.31. The highest BCUT2D eigenvalue weighted by Crippen LogP contribution is 2.37. The molecule has 0 aliphatic carbocycles. The van der Waals surface area contributed by atoms with Crippen LogP contribution in [0.2, 0.25) is 0 Å². The van der Waals surface area contributed by atoms with E-state index < -0.39 is 53.7 Å². The van der Waals surface area contributed by atoms with Crippen molar-refractivity contribution >= 4 is 17.2 Å². The number of nitrogens with two attached hydrogens (primary N) is 2. The van der Waals surface area contributed by atoms with Gasteiger partial charge in [-0.3, -0.25) is 4.79 Å². The highest BCUT2D eigenvalue weighted by Gasteiger charge is 2.35. The maximum absolute atomic E-state index is 15.6. The predicted octanol–water partition coefficient (Wildman–Crippen LogP) is 5.57. The summed E-state index contributed by atoms with van der Waals surface area (Å²) < 4.78 is 114. The molecule has 4 N–H and O–H groups in total. The Bertz CT molecular complexity index is 1220. The molecule has 7 nitrogen and oxygen atoms in total. The van der Waals surface area contributed by atoms with Crippen LogP contribution in [0.5, 0.6) is 0 Å². The summed E-state index contributed by atoms with van der Waals surface area (Å²) in [7, 11) is 0. The Morgan fingerprint density at radius 1 is 0.583 bits per heavy atom. The third-order valence-corrected chi connectivity index (χ3v) is 8.31. The molecule has 15 heteroatoms. The summed E-state index contributed by atoms with van der Waals surface area (Å²) in [6.45, 7) is 11.8. The van der Waals surface area contributed by atoms with Crippen LogP contribution in [0.25, 0.3) is 0 Å². The largest absolute Gasteiger partial charge is 0.416 e. The van der Waals surface area contributed by atoms with E-state index in [1.807, 2.05) is 37.5 Å². The Morgan fingerprint density at radius 2 is 0.917 bits per heavy atom. The smallest absolute Gasteiger partial charge is 0.366 e. The van der Waals surface area contributed by atoms with Crippen molar-refractivity contribution in [2.75, 3.05) is 88.3 Å². The van der Waals surface area contributed by atoms with Crippen LogP contribution >= 0.6 is 0 Å². The Labute approximate surface area is 277 Å². The first-order valence-corrected chi connectivity index (χ1v) is 16.2. The van der Waals surface area contributed by atoms with E-state index in [9.17, 15) is 31.1 Å². The Hall–Kier alpha value is -3.01. The van der Waals surface area contributed by atoms with Gasteiger partial charge in [-0.1, -0.05) is 27.7 Å². The lowest BCUT2D eigenvalue weighted by atomic mass is 9.96. The van der Waals surface area contributed by atoms with E-state index in [1.165, 1.54) is 9.80 Å². The number of hydrogen-bond donors (Lipinski definition) is 2. The minimum atomic E-state index is -4.94. The fraction of sp³-hybridized carbons (Fsp3) is 0.606. The van der Waals surface area contributed by atoms with Gasteiger partial charge < -0.3 is 31.1 Å². The second-order valence-corrected chi connectivity index (χ2v) is 11.4. The van der Waals surface area contributed by atoms with Gasteiger partial charge in [-0.15, -0.1) is 0 Å². The average Bonchev–Trinajstić information content (AvgIpc) is 3.00. The van der Waals surface area contributed by atoms with Crippen LogP contribution in [0.4, 0.5) is 46.5 Å². The van der Waals surface area contributed by atoms with Crippen LogP contribution in [-0.2, 0) is 30.0 Å². The van der Waals surface area contributed by atoms with Crippen LogP contribution in [-0.4, -0.2) is 94.1 Å². The summed E-state index contributed by atoms with van der Waals surface area (Å²) in [5.41, 5.74) is 7.81. The van der Waals surface area contributed by atoms with Gasteiger partial charge in [0.05, 0.1) is 22.5 Å².